The van der Waals surface area contributed by atoms with E-state index in [1.54, 1.807) is 0 Å². The van der Waals surface area contributed by atoms with Crippen LogP contribution in [0, 0.1) is 0 Å². The van der Waals surface area contributed by atoms with Gasteiger partial charge in [0.15, 0.2) is 0 Å². The van der Waals surface area contributed by atoms with Gasteiger partial charge >= 0.3 is 0 Å². The predicted octanol–water partition coefficient (Wildman–Crippen LogP) is 2.57. The van der Waals surface area contributed by atoms with Crippen molar-refractivity contribution in [2.75, 3.05) is 5.32 Å². The lowest BCUT2D eigenvalue weighted by atomic mass is 10.0. The van der Waals surface area contributed by atoms with Crippen molar-refractivity contribution < 1.29 is 4.79 Å². The van der Waals surface area contributed by atoms with Crippen LogP contribution in [-0.4, -0.2) is 11.9 Å². The van der Waals surface area contributed by atoms with Crippen molar-refractivity contribution in [3.05, 3.63) is 54.1 Å². The minimum absolute atomic E-state index is 0.0936. The van der Waals surface area contributed by atoms with Gasteiger partial charge in [0.1, 0.15) is 0 Å². The fraction of sp³-hybridized carbons (Fsp3) is 0.188. The van der Waals surface area contributed by atoms with E-state index in [-0.39, 0.29) is 5.91 Å². The molecule has 1 aliphatic heterocycles. The molecule has 3 heteroatoms. The number of aryl methyl sites for hydroxylation is 1. The molecule has 3 N–H and O–H groups in total. The SMILES string of the molecule is NC1CCc2ccc(-c3ccccc3)cc2NC1=O. The molecule has 1 atom stereocenters. The molecule has 0 radical (unpaired) electrons. The Balaban J connectivity index is 2.00. The maximum absolute atomic E-state index is 11.8. The van der Waals surface area contributed by atoms with Gasteiger partial charge in [-0.15, -0.1) is 0 Å². The minimum Gasteiger partial charge on any atom is -0.324 e. The monoisotopic (exact) mass is 252 g/mol. The van der Waals surface area contributed by atoms with Gasteiger partial charge in [0.25, 0.3) is 0 Å². The Bertz CT molecular complexity index is 607. The van der Waals surface area contributed by atoms with Gasteiger partial charge in [0.2, 0.25) is 5.91 Å². The van der Waals surface area contributed by atoms with E-state index in [1.807, 2.05) is 24.3 Å². The third-order valence-corrected chi connectivity index (χ3v) is 3.54. The summed E-state index contributed by atoms with van der Waals surface area (Å²) < 4.78 is 0. The van der Waals surface area contributed by atoms with E-state index in [4.69, 9.17) is 5.73 Å². The van der Waals surface area contributed by atoms with Crippen molar-refractivity contribution in [1.29, 1.82) is 0 Å². The number of benzene rings is 2. The summed E-state index contributed by atoms with van der Waals surface area (Å²) in [7, 11) is 0. The summed E-state index contributed by atoms with van der Waals surface area (Å²) in [5.74, 6) is -0.0936. The number of carbonyl (C=O) groups is 1. The van der Waals surface area contributed by atoms with Gasteiger partial charge < -0.3 is 11.1 Å². The second-order valence-electron chi connectivity index (χ2n) is 4.87. The molecule has 2 aromatic carbocycles. The Labute approximate surface area is 112 Å². The summed E-state index contributed by atoms with van der Waals surface area (Å²) >= 11 is 0. The van der Waals surface area contributed by atoms with Crippen molar-refractivity contribution >= 4 is 11.6 Å². The molecule has 0 spiro atoms. The Morgan fingerprint density at radius 3 is 2.63 bits per heavy atom. The van der Waals surface area contributed by atoms with Crippen molar-refractivity contribution in [1.82, 2.24) is 0 Å². The Morgan fingerprint density at radius 2 is 1.84 bits per heavy atom. The van der Waals surface area contributed by atoms with Crippen LogP contribution in [0.4, 0.5) is 5.69 Å². The highest BCUT2D eigenvalue weighted by Gasteiger charge is 2.20. The number of nitrogens with two attached hydrogens (primary N) is 1. The van der Waals surface area contributed by atoms with Gasteiger partial charge in [-0.25, -0.2) is 0 Å². The van der Waals surface area contributed by atoms with Gasteiger partial charge in [-0.1, -0.05) is 42.5 Å². The Kier molecular flexibility index (Phi) is 3.05. The van der Waals surface area contributed by atoms with Gasteiger partial charge in [-0.05, 0) is 35.6 Å². The highest BCUT2D eigenvalue weighted by Crippen LogP contribution is 2.28. The molecule has 0 aliphatic carbocycles. The van der Waals surface area contributed by atoms with Crippen LogP contribution in [0.25, 0.3) is 11.1 Å². The lowest BCUT2D eigenvalue weighted by Gasteiger charge is -2.10. The topological polar surface area (TPSA) is 55.1 Å². The van der Waals surface area contributed by atoms with Gasteiger partial charge in [0, 0.05) is 5.69 Å². The number of fused-ring (bicyclic) bond motifs is 1. The Hall–Kier alpha value is -2.13. The molecule has 1 amide bonds. The van der Waals surface area contributed by atoms with Gasteiger partial charge in [-0.2, -0.15) is 0 Å². The van der Waals surface area contributed by atoms with Crippen molar-refractivity contribution in [3.8, 4) is 11.1 Å². The molecular formula is C16H16N2O. The standard InChI is InChI=1S/C16H16N2O/c17-14-9-8-12-6-7-13(10-15(12)18-16(14)19)11-4-2-1-3-5-11/h1-7,10,14H,8-9,17H2,(H,18,19). The highest BCUT2D eigenvalue weighted by atomic mass is 16.2. The summed E-state index contributed by atoms with van der Waals surface area (Å²) in [6.07, 6.45) is 1.54. The normalized spacial score (nSPS) is 18.4. The molecule has 0 aromatic heterocycles. The molecule has 1 heterocycles. The van der Waals surface area contributed by atoms with E-state index in [1.165, 1.54) is 0 Å². The quantitative estimate of drug-likeness (QED) is 0.819. The third kappa shape index (κ3) is 2.37. The van der Waals surface area contributed by atoms with E-state index in [0.29, 0.717) is 6.42 Å². The highest BCUT2D eigenvalue weighted by molar-refractivity contribution is 5.96. The molecule has 0 saturated heterocycles. The molecule has 3 rings (SSSR count). The maximum atomic E-state index is 11.8. The molecule has 1 aliphatic rings. The minimum atomic E-state index is -0.410. The molecule has 0 fully saturated rings. The molecule has 3 nitrogen and oxygen atoms in total. The number of carbonyl (C=O) groups excluding carboxylic acids is 1. The summed E-state index contributed by atoms with van der Waals surface area (Å²) in [6.45, 7) is 0. The van der Waals surface area contributed by atoms with Crippen LogP contribution in [0.3, 0.4) is 0 Å². The lowest BCUT2D eigenvalue weighted by molar-refractivity contribution is -0.117. The molecule has 0 bridgehead atoms. The van der Waals surface area contributed by atoms with E-state index in [2.05, 4.69) is 29.6 Å². The second-order valence-corrected chi connectivity index (χ2v) is 4.87. The van der Waals surface area contributed by atoms with Crippen LogP contribution >= 0.6 is 0 Å². The summed E-state index contributed by atoms with van der Waals surface area (Å²) in [5, 5.41) is 2.92. The van der Waals surface area contributed by atoms with E-state index in [0.717, 1.165) is 28.8 Å². The zero-order chi connectivity index (χ0) is 13.2. The van der Waals surface area contributed by atoms with Crippen LogP contribution in [-0.2, 0) is 11.2 Å². The first-order valence-corrected chi connectivity index (χ1v) is 6.49. The molecule has 2 aromatic rings. The largest absolute Gasteiger partial charge is 0.324 e. The van der Waals surface area contributed by atoms with Crippen LogP contribution in [0.1, 0.15) is 12.0 Å². The number of rotatable bonds is 1. The van der Waals surface area contributed by atoms with Crippen molar-refractivity contribution in [2.45, 2.75) is 18.9 Å². The predicted molar refractivity (Wildman–Crippen MR) is 76.8 cm³/mol. The second kappa shape index (κ2) is 4.86. The fourth-order valence-electron chi connectivity index (χ4n) is 2.39. The molecule has 0 saturated carbocycles. The first kappa shape index (κ1) is 11.9. The first-order chi connectivity index (χ1) is 9.24. The zero-order valence-electron chi connectivity index (χ0n) is 10.6. The van der Waals surface area contributed by atoms with Crippen LogP contribution < -0.4 is 11.1 Å². The molecular weight excluding hydrogens is 236 g/mol. The maximum Gasteiger partial charge on any atom is 0.241 e. The number of hydrogen-bond donors (Lipinski definition) is 2. The van der Waals surface area contributed by atoms with Gasteiger partial charge in [-0.3, -0.25) is 4.79 Å². The van der Waals surface area contributed by atoms with Crippen LogP contribution in [0.2, 0.25) is 0 Å². The summed E-state index contributed by atoms with van der Waals surface area (Å²) in [4.78, 5) is 11.8. The lowest BCUT2D eigenvalue weighted by Crippen LogP contribution is -2.34. The molecule has 96 valence electrons. The van der Waals surface area contributed by atoms with E-state index >= 15 is 0 Å². The first-order valence-electron chi connectivity index (χ1n) is 6.49. The molecule has 1 unspecified atom stereocenters. The van der Waals surface area contributed by atoms with Crippen molar-refractivity contribution in [3.63, 3.8) is 0 Å². The number of amides is 1. The summed E-state index contributed by atoms with van der Waals surface area (Å²) in [6, 6.07) is 15.9. The average molecular weight is 252 g/mol. The number of anilines is 1. The third-order valence-electron chi connectivity index (χ3n) is 3.54. The zero-order valence-corrected chi connectivity index (χ0v) is 10.6. The van der Waals surface area contributed by atoms with Gasteiger partial charge in [0.05, 0.1) is 6.04 Å². The van der Waals surface area contributed by atoms with E-state index in [9.17, 15) is 4.79 Å². The van der Waals surface area contributed by atoms with Crippen LogP contribution in [0.15, 0.2) is 48.5 Å². The van der Waals surface area contributed by atoms with Crippen LogP contribution in [0.5, 0.6) is 0 Å². The van der Waals surface area contributed by atoms with E-state index < -0.39 is 6.04 Å². The number of nitrogens with one attached hydrogen (secondary N) is 1. The fourth-order valence-corrected chi connectivity index (χ4v) is 2.39. The van der Waals surface area contributed by atoms with Crippen molar-refractivity contribution in [2.24, 2.45) is 5.73 Å². The smallest absolute Gasteiger partial charge is 0.241 e. The Morgan fingerprint density at radius 1 is 1.05 bits per heavy atom. The number of hydrogen-bond acceptors (Lipinski definition) is 2. The molecule has 19 heavy (non-hydrogen) atoms. The average Bonchev–Trinajstić information content (AvgIpc) is 2.59. The summed E-state index contributed by atoms with van der Waals surface area (Å²) in [5.41, 5.74) is 10.1.